The van der Waals surface area contributed by atoms with E-state index < -0.39 is 12.3 Å². The number of alkyl halides is 2. The van der Waals surface area contributed by atoms with Crippen molar-refractivity contribution in [3.05, 3.63) is 29.5 Å². The van der Waals surface area contributed by atoms with Crippen LogP contribution in [-0.2, 0) is 0 Å². The summed E-state index contributed by atoms with van der Waals surface area (Å²) in [5.74, 6) is 0.119. The quantitative estimate of drug-likeness (QED) is 0.839. The molecule has 0 saturated carbocycles. The van der Waals surface area contributed by atoms with Crippen molar-refractivity contribution in [2.75, 3.05) is 18.0 Å². The number of aromatic nitrogens is 2. The third-order valence-electron chi connectivity index (χ3n) is 3.14. The molecule has 94 valence electrons. The number of fused-ring (bicyclic) bond motifs is 1. The van der Waals surface area contributed by atoms with Crippen molar-refractivity contribution in [3.8, 4) is 0 Å². The molecule has 0 aliphatic carbocycles. The summed E-state index contributed by atoms with van der Waals surface area (Å²) in [6.07, 6.45) is -0.820. The van der Waals surface area contributed by atoms with Crippen molar-refractivity contribution in [3.63, 3.8) is 0 Å². The fraction of sp³-hybridized carbons (Fsp3) is 0.333. The Morgan fingerprint density at radius 2 is 2.06 bits per heavy atom. The zero-order valence-corrected chi connectivity index (χ0v) is 10.1. The minimum absolute atomic E-state index is 0.330. The lowest BCUT2D eigenvalue weighted by molar-refractivity contribution is 0.0612. The van der Waals surface area contributed by atoms with Gasteiger partial charge in [0.1, 0.15) is 12.1 Å². The Hall–Kier alpha value is -1.49. The molecule has 1 fully saturated rings. The highest BCUT2D eigenvalue weighted by molar-refractivity contribution is 6.31. The van der Waals surface area contributed by atoms with Crippen LogP contribution in [0.25, 0.3) is 10.9 Å². The molecule has 0 unspecified atom stereocenters. The Morgan fingerprint density at radius 3 is 2.78 bits per heavy atom. The van der Waals surface area contributed by atoms with E-state index in [1.54, 1.807) is 18.2 Å². The number of benzene rings is 1. The fourth-order valence-electron chi connectivity index (χ4n) is 2.11. The molecule has 1 aromatic heterocycles. The molecule has 0 spiro atoms. The van der Waals surface area contributed by atoms with E-state index in [4.69, 9.17) is 11.6 Å². The summed E-state index contributed by atoms with van der Waals surface area (Å²) in [5, 5.41) is 1.39. The van der Waals surface area contributed by atoms with E-state index in [1.807, 2.05) is 4.90 Å². The molecule has 2 heterocycles. The predicted octanol–water partition coefficient (Wildman–Crippen LogP) is 2.98. The molecule has 1 aliphatic rings. The summed E-state index contributed by atoms with van der Waals surface area (Å²) in [6, 6.07) is 5.31. The first-order valence-corrected chi connectivity index (χ1v) is 5.96. The molecule has 0 amide bonds. The van der Waals surface area contributed by atoms with E-state index in [9.17, 15) is 8.78 Å². The van der Waals surface area contributed by atoms with Gasteiger partial charge in [0.05, 0.1) is 11.4 Å². The average molecular weight is 270 g/mol. The molecule has 0 radical (unpaired) electrons. The maximum Gasteiger partial charge on any atom is 0.244 e. The van der Waals surface area contributed by atoms with Crippen molar-refractivity contribution in [1.82, 2.24) is 9.97 Å². The third kappa shape index (κ3) is 1.88. The van der Waals surface area contributed by atoms with Crippen molar-refractivity contribution in [2.45, 2.75) is 6.43 Å². The topological polar surface area (TPSA) is 29.0 Å². The van der Waals surface area contributed by atoms with Crippen molar-refractivity contribution >= 4 is 28.3 Å². The van der Waals surface area contributed by atoms with E-state index in [0.717, 1.165) is 10.9 Å². The predicted molar refractivity (Wildman–Crippen MR) is 66.3 cm³/mol. The van der Waals surface area contributed by atoms with Gasteiger partial charge in [-0.25, -0.2) is 18.7 Å². The van der Waals surface area contributed by atoms with E-state index in [0.29, 0.717) is 23.9 Å². The number of halogens is 3. The molecule has 1 saturated heterocycles. The summed E-state index contributed by atoms with van der Waals surface area (Å²) >= 11 is 5.94. The zero-order chi connectivity index (χ0) is 12.7. The van der Waals surface area contributed by atoms with Gasteiger partial charge < -0.3 is 4.90 Å². The Bertz CT molecular complexity index is 585. The van der Waals surface area contributed by atoms with Crippen molar-refractivity contribution < 1.29 is 8.78 Å². The third-order valence-corrected chi connectivity index (χ3v) is 3.38. The lowest BCUT2D eigenvalue weighted by Gasteiger charge is -2.39. The van der Waals surface area contributed by atoms with Gasteiger partial charge in [0.2, 0.25) is 6.43 Å². The highest BCUT2D eigenvalue weighted by Gasteiger charge is 2.35. The number of nitrogens with zero attached hydrogens (tertiary/aromatic N) is 3. The second-order valence-corrected chi connectivity index (χ2v) is 4.79. The van der Waals surface area contributed by atoms with Crippen LogP contribution in [0, 0.1) is 5.92 Å². The monoisotopic (exact) mass is 269 g/mol. The van der Waals surface area contributed by atoms with Crippen LogP contribution in [0.4, 0.5) is 14.6 Å². The van der Waals surface area contributed by atoms with Gasteiger partial charge in [0.15, 0.2) is 0 Å². The van der Waals surface area contributed by atoms with Gasteiger partial charge in [-0.1, -0.05) is 11.6 Å². The standard InChI is InChI=1S/C12H10ClF2N3/c13-8-1-2-10-9(3-8)12(17-6-16-10)18-4-7(5-18)11(14)15/h1-3,6-7,11H,4-5H2. The Balaban J connectivity index is 1.96. The van der Waals surface area contributed by atoms with Crippen LogP contribution < -0.4 is 4.90 Å². The van der Waals surface area contributed by atoms with Crippen LogP contribution in [0.2, 0.25) is 5.02 Å². The normalized spacial score (nSPS) is 16.3. The molecule has 18 heavy (non-hydrogen) atoms. The second-order valence-electron chi connectivity index (χ2n) is 4.36. The number of hydrogen-bond donors (Lipinski definition) is 0. The highest BCUT2D eigenvalue weighted by Crippen LogP contribution is 2.32. The van der Waals surface area contributed by atoms with Crippen molar-refractivity contribution in [1.29, 1.82) is 0 Å². The van der Waals surface area contributed by atoms with E-state index in [1.165, 1.54) is 6.33 Å². The minimum atomic E-state index is -2.27. The maximum atomic E-state index is 12.5. The summed E-state index contributed by atoms with van der Waals surface area (Å²) in [4.78, 5) is 10.1. The number of anilines is 1. The van der Waals surface area contributed by atoms with Gasteiger partial charge in [-0.05, 0) is 18.2 Å². The van der Waals surface area contributed by atoms with Gasteiger partial charge in [-0.2, -0.15) is 0 Å². The Morgan fingerprint density at radius 1 is 1.28 bits per heavy atom. The molecule has 6 heteroatoms. The van der Waals surface area contributed by atoms with Crippen LogP contribution >= 0.6 is 11.6 Å². The molecular weight excluding hydrogens is 260 g/mol. The summed E-state index contributed by atoms with van der Waals surface area (Å²) < 4.78 is 24.9. The first-order valence-electron chi connectivity index (χ1n) is 5.58. The van der Waals surface area contributed by atoms with Crippen LogP contribution in [0.5, 0.6) is 0 Å². The van der Waals surface area contributed by atoms with E-state index >= 15 is 0 Å². The molecule has 1 aromatic carbocycles. The molecule has 2 aromatic rings. The summed E-state index contributed by atoms with van der Waals surface area (Å²) in [7, 11) is 0. The van der Waals surface area contributed by atoms with E-state index in [-0.39, 0.29) is 0 Å². The summed E-state index contributed by atoms with van der Waals surface area (Å²) in [5.41, 5.74) is 0.768. The van der Waals surface area contributed by atoms with Gasteiger partial charge in [-0.15, -0.1) is 0 Å². The number of rotatable bonds is 2. The van der Waals surface area contributed by atoms with Crippen LogP contribution in [0.3, 0.4) is 0 Å². The minimum Gasteiger partial charge on any atom is -0.355 e. The van der Waals surface area contributed by atoms with Crippen LogP contribution in [0.15, 0.2) is 24.5 Å². The Kier molecular flexibility index (Phi) is 2.78. The van der Waals surface area contributed by atoms with Crippen molar-refractivity contribution in [2.24, 2.45) is 5.92 Å². The smallest absolute Gasteiger partial charge is 0.244 e. The molecule has 0 N–H and O–H groups in total. The first-order chi connectivity index (χ1) is 8.65. The average Bonchev–Trinajstić information content (AvgIpc) is 2.27. The molecule has 3 nitrogen and oxygen atoms in total. The first kappa shape index (κ1) is 11.6. The highest BCUT2D eigenvalue weighted by atomic mass is 35.5. The fourth-order valence-corrected chi connectivity index (χ4v) is 2.28. The largest absolute Gasteiger partial charge is 0.355 e. The SMILES string of the molecule is FC(F)C1CN(c2ncnc3ccc(Cl)cc23)C1. The van der Waals surface area contributed by atoms with Gasteiger partial charge in [-0.3, -0.25) is 0 Å². The molecule has 0 atom stereocenters. The van der Waals surface area contributed by atoms with Gasteiger partial charge >= 0.3 is 0 Å². The molecular formula is C12H10ClF2N3. The zero-order valence-electron chi connectivity index (χ0n) is 9.35. The summed E-state index contributed by atoms with van der Waals surface area (Å²) in [6.45, 7) is 0.659. The lowest BCUT2D eigenvalue weighted by Crippen LogP contribution is -2.50. The molecule has 1 aliphatic heterocycles. The molecule has 0 bridgehead atoms. The molecule has 3 rings (SSSR count). The van der Waals surface area contributed by atoms with Gasteiger partial charge in [0.25, 0.3) is 0 Å². The van der Waals surface area contributed by atoms with Gasteiger partial charge in [0, 0.05) is 23.5 Å². The Labute approximate surface area is 107 Å². The number of hydrogen-bond acceptors (Lipinski definition) is 3. The van der Waals surface area contributed by atoms with E-state index in [2.05, 4.69) is 9.97 Å². The van der Waals surface area contributed by atoms with Crippen LogP contribution in [-0.4, -0.2) is 29.5 Å². The van der Waals surface area contributed by atoms with Crippen LogP contribution in [0.1, 0.15) is 0 Å². The maximum absolute atomic E-state index is 12.5. The lowest BCUT2D eigenvalue weighted by atomic mass is 10.0. The second kappa shape index (κ2) is 4.31.